The molecule has 3 N–H and O–H groups in total. The molecular weight excluding hydrogens is 444 g/mol. The number of nitrogens with one attached hydrogen (secondary N) is 2. The number of fused-ring (bicyclic) bond motifs is 5. The molecule has 5 atom stereocenters. The molecule has 2 aromatic rings. The highest BCUT2D eigenvalue weighted by Gasteiger charge is 2.52. The molecule has 0 aliphatic heterocycles. The summed E-state index contributed by atoms with van der Waals surface area (Å²) >= 11 is 0. The van der Waals surface area contributed by atoms with Crippen LogP contribution in [0.15, 0.2) is 48.5 Å². The van der Waals surface area contributed by atoms with Crippen molar-refractivity contribution in [1.82, 2.24) is 10.6 Å². The van der Waals surface area contributed by atoms with Crippen LogP contribution in [0.2, 0.25) is 0 Å². The summed E-state index contributed by atoms with van der Waals surface area (Å²) in [5.41, 5.74) is 4.62. The number of carboxylic acids is 1. The predicted molar refractivity (Wildman–Crippen MR) is 131 cm³/mol. The number of carboxylic acid groups (broad SMARTS) is 1. The molecule has 2 bridgehead atoms. The average Bonchev–Trinajstić information content (AvgIpc) is 3.53. The summed E-state index contributed by atoms with van der Waals surface area (Å²) in [5, 5.41) is 15.2. The molecule has 4 unspecified atom stereocenters. The first-order valence-corrected chi connectivity index (χ1v) is 12.5. The summed E-state index contributed by atoms with van der Waals surface area (Å²) in [6.45, 7) is 3.75. The van der Waals surface area contributed by atoms with Crippen molar-refractivity contribution in [1.29, 1.82) is 0 Å². The molecule has 35 heavy (non-hydrogen) atoms. The van der Waals surface area contributed by atoms with Crippen molar-refractivity contribution >= 4 is 18.0 Å². The van der Waals surface area contributed by atoms with Crippen LogP contribution in [0.5, 0.6) is 0 Å². The Morgan fingerprint density at radius 1 is 0.971 bits per heavy atom. The lowest BCUT2D eigenvalue weighted by atomic mass is 9.83. The lowest BCUT2D eigenvalue weighted by Gasteiger charge is -2.32. The van der Waals surface area contributed by atoms with Gasteiger partial charge in [0.2, 0.25) is 5.91 Å². The van der Waals surface area contributed by atoms with E-state index in [0.29, 0.717) is 0 Å². The molecule has 0 radical (unpaired) electrons. The number of carbonyl (C=O) groups is 3. The van der Waals surface area contributed by atoms with E-state index >= 15 is 0 Å². The minimum atomic E-state index is -1.04. The summed E-state index contributed by atoms with van der Waals surface area (Å²) in [6.07, 6.45) is 2.22. The van der Waals surface area contributed by atoms with Crippen LogP contribution in [0.1, 0.15) is 50.2 Å². The van der Waals surface area contributed by atoms with Gasteiger partial charge in [0.1, 0.15) is 12.6 Å². The number of alkyl carbamates (subject to hydrolysis) is 1. The van der Waals surface area contributed by atoms with Gasteiger partial charge in [-0.3, -0.25) is 4.79 Å². The van der Waals surface area contributed by atoms with Crippen molar-refractivity contribution in [2.24, 2.45) is 23.7 Å². The van der Waals surface area contributed by atoms with Gasteiger partial charge in [-0.1, -0.05) is 62.4 Å². The maximum atomic E-state index is 13.1. The first-order chi connectivity index (χ1) is 16.8. The molecule has 3 aliphatic carbocycles. The standard InChI is InChI=1S/C28H32N2O5/c1-15(2)24(27(32)33)29-26(31)23-16-11-12-17(13-16)25(23)30-28(34)35-14-22-20-9-5-3-7-18(20)19-8-4-6-10-21(19)22/h3-10,15-17,22-25H,11-14H2,1-2H3,(H,29,31)(H,30,34)(H,32,33)/t16?,17?,23?,24-,25?/m1/s1. The van der Waals surface area contributed by atoms with Crippen LogP contribution in [0.4, 0.5) is 4.79 Å². The van der Waals surface area contributed by atoms with E-state index in [1.165, 1.54) is 11.1 Å². The molecule has 3 aliphatic rings. The maximum Gasteiger partial charge on any atom is 0.407 e. The largest absolute Gasteiger partial charge is 0.480 e. The van der Waals surface area contributed by atoms with E-state index in [1.807, 2.05) is 24.3 Å². The Morgan fingerprint density at radius 3 is 2.17 bits per heavy atom. The normalized spacial score (nSPS) is 25.1. The number of amides is 2. The Kier molecular flexibility index (Phi) is 6.26. The van der Waals surface area contributed by atoms with Gasteiger partial charge in [-0.05, 0) is 59.3 Å². The van der Waals surface area contributed by atoms with Gasteiger partial charge in [0.05, 0.1) is 5.92 Å². The van der Waals surface area contributed by atoms with Gasteiger partial charge in [-0.15, -0.1) is 0 Å². The minimum Gasteiger partial charge on any atom is -0.480 e. The number of hydrogen-bond donors (Lipinski definition) is 3. The second kappa shape index (κ2) is 9.36. The third-order valence-corrected chi connectivity index (χ3v) is 8.08. The molecule has 184 valence electrons. The first kappa shape index (κ1) is 23.4. The van der Waals surface area contributed by atoms with Crippen LogP contribution in [0.25, 0.3) is 11.1 Å². The van der Waals surface area contributed by atoms with Crippen molar-refractivity contribution in [3.05, 3.63) is 59.7 Å². The Balaban J connectivity index is 1.26. The molecule has 2 amide bonds. The van der Waals surface area contributed by atoms with Gasteiger partial charge < -0.3 is 20.5 Å². The van der Waals surface area contributed by atoms with Crippen molar-refractivity contribution in [2.45, 2.75) is 51.1 Å². The number of aliphatic carboxylic acids is 1. The first-order valence-electron chi connectivity index (χ1n) is 12.5. The van der Waals surface area contributed by atoms with Gasteiger partial charge in [-0.25, -0.2) is 9.59 Å². The number of ether oxygens (including phenoxy) is 1. The second-order valence-corrected chi connectivity index (χ2v) is 10.4. The third kappa shape index (κ3) is 4.28. The fourth-order valence-electron chi connectivity index (χ4n) is 6.42. The van der Waals surface area contributed by atoms with Gasteiger partial charge in [-0.2, -0.15) is 0 Å². The smallest absolute Gasteiger partial charge is 0.407 e. The summed E-state index contributed by atoms with van der Waals surface area (Å²) < 4.78 is 5.72. The molecule has 0 saturated heterocycles. The molecule has 2 saturated carbocycles. The number of rotatable bonds is 7. The van der Waals surface area contributed by atoms with E-state index in [0.717, 1.165) is 30.4 Å². The maximum absolute atomic E-state index is 13.1. The molecular formula is C28H32N2O5. The van der Waals surface area contributed by atoms with Crippen molar-refractivity contribution < 1.29 is 24.2 Å². The zero-order chi connectivity index (χ0) is 24.7. The Labute approximate surface area is 205 Å². The van der Waals surface area contributed by atoms with Crippen LogP contribution >= 0.6 is 0 Å². The third-order valence-electron chi connectivity index (χ3n) is 8.08. The fraction of sp³-hybridized carbons (Fsp3) is 0.464. The van der Waals surface area contributed by atoms with Gasteiger partial charge in [0.15, 0.2) is 0 Å². The molecule has 2 fully saturated rings. The zero-order valence-electron chi connectivity index (χ0n) is 20.1. The SMILES string of the molecule is CC(C)[C@@H](NC(=O)C1C2CCC(C2)C1NC(=O)OCC1c2ccccc2-c2ccccc21)C(=O)O. The quantitative estimate of drug-likeness (QED) is 0.557. The summed E-state index contributed by atoms with van der Waals surface area (Å²) in [6, 6.07) is 15.1. The molecule has 0 spiro atoms. The molecule has 2 aromatic carbocycles. The van der Waals surface area contributed by atoms with Crippen molar-refractivity contribution in [2.75, 3.05) is 6.61 Å². The highest BCUT2D eigenvalue weighted by atomic mass is 16.5. The molecule has 5 rings (SSSR count). The molecule has 7 nitrogen and oxygen atoms in total. The minimum absolute atomic E-state index is 0.0327. The van der Waals surface area contributed by atoms with Crippen LogP contribution in [0, 0.1) is 23.7 Å². The molecule has 0 aromatic heterocycles. The van der Waals surface area contributed by atoms with Gasteiger partial charge in [0, 0.05) is 12.0 Å². The van der Waals surface area contributed by atoms with E-state index < -0.39 is 24.0 Å². The van der Waals surface area contributed by atoms with Gasteiger partial charge >= 0.3 is 12.1 Å². The van der Waals surface area contributed by atoms with E-state index in [2.05, 4.69) is 34.9 Å². The van der Waals surface area contributed by atoms with E-state index in [4.69, 9.17) is 4.74 Å². The van der Waals surface area contributed by atoms with Gasteiger partial charge in [0.25, 0.3) is 0 Å². The van der Waals surface area contributed by atoms with Crippen LogP contribution < -0.4 is 10.6 Å². The summed E-state index contributed by atoms with van der Waals surface area (Å²) in [5.74, 6) is -1.67. The molecule has 7 heteroatoms. The van der Waals surface area contributed by atoms with Crippen molar-refractivity contribution in [3.63, 3.8) is 0 Å². The number of benzene rings is 2. The molecule has 0 heterocycles. The van der Waals surface area contributed by atoms with Crippen LogP contribution in [0.3, 0.4) is 0 Å². The van der Waals surface area contributed by atoms with Crippen molar-refractivity contribution in [3.8, 4) is 11.1 Å². The highest BCUT2D eigenvalue weighted by Crippen LogP contribution is 2.49. The highest BCUT2D eigenvalue weighted by molar-refractivity contribution is 5.86. The zero-order valence-corrected chi connectivity index (χ0v) is 20.1. The Bertz CT molecular complexity index is 1100. The monoisotopic (exact) mass is 476 g/mol. The Morgan fingerprint density at radius 2 is 1.57 bits per heavy atom. The van der Waals surface area contributed by atoms with Crippen LogP contribution in [-0.4, -0.2) is 41.8 Å². The summed E-state index contributed by atoms with van der Waals surface area (Å²) in [7, 11) is 0. The van der Waals surface area contributed by atoms with E-state index in [9.17, 15) is 19.5 Å². The van der Waals surface area contributed by atoms with E-state index in [1.54, 1.807) is 13.8 Å². The lowest BCUT2D eigenvalue weighted by molar-refractivity contribution is -0.144. The van der Waals surface area contributed by atoms with E-state index in [-0.39, 0.29) is 42.2 Å². The Hall–Kier alpha value is -3.35. The average molecular weight is 477 g/mol. The van der Waals surface area contributed by atoms with Crippen LogP contribution in [-0.2, 0) is 14.3 Å². The summed E-state index contributed by atoms with van der Waals surface area (Å²) in [4.78, 5) is 37.6. The topological polar surface area (TPSA) is 105 Å². The lowest BCUT2D eigenvalue weighted by Crippen LogP contribution is -2.54. The number of hydrogen-bond acceptors (Lipinski definition) is 4. The predicted octanol–water partition coefficient (Wildman–Crippen LogP) is 4.17. The fourth-order valence-corrected chi connectivity index (χ4v) is 6.42. The second-order valence-electron chi connectivity index (χ2n) is 10.4. The number of carbonyl (C=O) groups excluding carboxylic acids is 2.